The van der Waals surface area contributed by atoms with Gasteiger partial charge in [0.05, 0.1) is 17.2 Å². The zero-order valence-electron chi connectivity index (χ0n) is 19.6. The van der Waals surface area contributed by atoms with Crippen molar-refractivity contribution >= 4 is 11.9 Å². The van der Waals surface area contributed by atoms with Crippen LogP contribution in [0.4, 0.5) is 17.6 Å². The smallest absolute Gasteiger partial charge is 0.475 e. The van der Waals surface area contributed by atoms with E-state index < -0.39 is 12.1 Å². The van der Waals surface area contributed by atoms with Crippen LogP contribution in [-0.2, 0) is 11.3 Å². The highest BCUT2D eigenvalue weighted by molar-refractivity contribution is 5.96. The molecule has 6 nitrogen and oxygen atoms in total. The Morgan fingerprint density at radius 3 is 2.31 bits per heavy atom. The van der Waals surface area contributed by atoms with Gasteiger partial charge >= 0.3 is 12.1 Å². The summed E-state index contributed by atoms with van der Waals surface area (Å²) in [6.45, 7) is 3.18. The lowest BCUT2D eigenvalue weighted by Crippen LogP contribution is -2.44. The lowest BCUT2D eigenvalue weighted by molar-refractivity contribution is -0.192. The topological polar surface area (TPSA) is 84.6 Å². The summed E-state index contributed by atoms with van der Waals surface area (Å²) in [6, 6.07) is 16.0. The minimum atomic E-state index is -5.08. The number of carbonyl (C=O) groups excluding carboxylic acids is 1. The predicted octanol–water partition coefficient (Wildman–Crippen LogP) is 4.99. The van der Waals surface area contributed by atoms with E-state index >= 15 is 0 Å². The number of hydrogen-bond acceptors (Lipinski definition) is 4. The number of halogens is 4. The maximum absolute atomic E-state index is 13.6. The van der Waals surface area contributed by atoms with Gasteiger partial charge in [-0.05, 0) is 68.5 Å². The minimum Gasteiger partial charge on any atom is -0.475 e. The molecule has 10 heteroatoms. The summed E-state index contributed by atoms with van der Waals surface area (Å²) in [7, 11) is 0. The molecule has 1 unspecified atom stereocenters. The highest BCUT2D eigenvalue weighted by Crippen LogP contribution is 2.39. The van der Waals surface area contributed by atoms with E-state index in [1.54, 1.807) is 30.3 Å². The van der Waals surface area contributed by atoms with Crippen molar-refractivity contribution in [3.63, 3.8) is 0 Å². The number of carboxylic acids is 1. The Kier molecular flexibility index (Phi) is 8.69. The number of aliphatic carboxylic acids is 1. The first-order chi connectivity index (χ1) is 17.1. The van der Waals surface area contributed by atoms with Crippen molar-refractivity contribution in [2.45, 2.75) is 50.4 Å². The molecule has 2 fully saturated rings. The maximum atomic E-state index is 13.6. The third-order valence-electron chi connectivity index (χ3n) is 6.73. The molecule has 2 heterocycles. The summed E-state index contributed by atoms with van der Waals surface area (Å²) < 4.78 is 45.4. The fourth-order valence-electron chi connectivity index (χ4n) is 4.98. The standard InChI is InChI=1S/C24H26FN3O.C2HF3O2/c25-21-8-3-6-19(16-21)18-28-14-5-11-24(28)10-4-13-27(15-12-24)23(29)22-9-2-1-7-20(22)17-26;3-2(4,5)1(6)7/h1-3,6-9,16H,4-5,10-15,18H2;(H,6,7). The molecular formula is C26H27F4N3O3. The van der Waals surface area contributed by atoms with E-state index in [1.807, 2.05) is 17.0 Å². The van der Waals surface area contributed by atoms with Crippen LogP contribution < -0.4 is 0 Å². The Morgan fingerprint density at radius 1 is 1.00 bits per heavy atom. The Bertz CT molecular complexity index is 1130. The second-order valence-corrected chi connectivity index (χ2v) is 8.99. The third kappa shape index (κ3) is 6.61. The van der Waals surface area contributed by atoms with E-state index in [4.69, 9.17) is 9.90 Å². The molecule has 192 valence electrons. The van der Waals surface area contributed by atoms with Crippen LogP contribution in [0.1, 0.15) is 53.6 Å². The first-order valence-corrected chi connectivity index (χ1v) is 11.6. The molecule has 2 aliphatic rings. The molecule has 2 saturated heterocycles. The summed E-state index contributed by atoms with van der Waals surface area (Å²) in [5, 5.41) is 16.5. The van der Waals surface area contributed by atoms with Gasteiger partial charge in [-0.2, -0.15) is 18.4 Å². The van der Waals surface area contributed by atoms with Crippen LogP contribution in [0.2, 0.25) is 0 Å². The number of carbonyl (C=O) groups is 2. The summed E-state index contributed by atoms with van der Waals surface area (Å²) in [4.78, 5) is 26.4. The molecule has 4 rings (SSSR count). The van der Waals surface area contributed by atoms with Crippen LogP contribution in [0.25, 0.3) is 0 Å². The highest BCUT2D eigenvalue weighted by atomic mass is 19.4. The first kappa shape index (κ1) is 27.1. The van der Waals surface area contributed by atoms with Gasteiger partial charge in [0, 0.05) is 25.2 Å². The average molecular weight is 506 g/mol. The van der Waals surface area contributed by atoms with E-state index in [2.05, 4.69) is 11.0 Å². The van der Waals surface area contributed by atoms with Crippen LogP contribution in [-0.4, -0.2) is 58.1 Å². The second kappa shape index (κ2) is 11.5. The number of likely N-dealkylation sites (tertiary alicyclic amines) is 2. The summed E-state index contributed by atoms with van der Waals surface area (Å²) in [5.74, 6) is -2.99. The van der Waals surface area contributed by atoms with Crippen LogP contribution in [0, 0.1) is 17.1 Å². The number of hydrogen-bond donors (Lipinski definition) is 1. The molecule has 0 aliphatic carbocycles. The van der Waals surface area contributed by atoms with E-state index in [0.29, 0.717) is 24.2 Å². The van der Waals surface area contributed by atoms with E-state index in [9.17, 15) is 27.6 Å². The van der Waals surface area contributed by atoms with Crippen LogP contribution in [0.5, 0.6) is 0 Å². The second-order valence-electron chi connectivity index (χ2n) is 8.99. The number of amides is 1. The van der Waals surface area contributed by atoms with Gasteiger partial charge in [-0.25, -0.2) is 9.18 Å². The molecule has 0 saturated carbocycles. The Labute approximate surface area is 206 Å². The largest absolute Gasteiger partial charge is 0.490 e. The minimum absolute atomic E-state index is 0.0473. The number of rotatable bonds is 3. The van der Waals surface area contributed by atoms with Gasteiger partial charge in [0.1, 0.15) is 5.82 Å². The van der Waals surface area contributed by atoms with Crippen LogP contribution in [0.3, 0.4) is 0 Å². The van der Waals surface area contributed by atoms with Crippen molar-refractivity contribution in [1.29, 1.82) is 5.26 Å². The van der Waals surface area contributed by atoms with Gasteiger partial charge in [-0.1, -0.05) is 24.3 Å². The van der Waals surface area contributed by atoms with Gasteiger partial charge in [-0.3, -0.25) is 9.69 Å². The molecule has 2 aliphatic heterocycles. The van der Waals surface area contributed by atoms with Crippen molar-refractivity contribution in [2.75, 3.05) is 19.6 Å². The Morgan fingerprint density at radius 2 is 1.67 bits per heavy atom. The lowest BCUT2D eigenvalue weighted by atomic mass is 9.87. The van der Waals surface area contributed by atoms with Gasteiger partial charge in [0.2, 0.25) is 0 Å². The monoisotopic (exact) mass is 505 g/mol. The Hall–Kier alpha value is -3.45. The van der Waals surface area contributed by atoms with Gasteiger partial charge < -0.3 is 10.0 Å². The molecule has 1 amide bonds. The SMILES string of the molecule is N#Cc1ccccc1C(=O)N1CCCC2(CCCN2Cc2cccc(F)c2)CC1.O=C(O)C(F)(F)F. The van der Waals surface area contributed by atoms with Gasteiger partial charge in [-0.15, -0.1) is 0 Å². The molecule has 1 atom stereocenters. The first-order valence-electron chi connectivity index (χ1n) is 11.6. The van der Waals surface area contributed by atoms with Gasteiger partial charge in [0.15, 0.2) is 0 Å². The fraction of sp³-hybridized carbons (Fsp3) is 0.423. The number of nitrogens with zero attached hydrogens (tertiary/aromatic N) is 3. The third-order valence-corrected chi connectivity index (χ3v) is 6.73. The fourth-order valence-corrected chi connectivity index (χ4v) is 4.98. The molecule has 2 aromatic rings. The predicted molar refractivity (Wildman–Crippen MR) is 123 cm³/mol. The molecule has 0 aromatic heterocycles. The van der Waals surface area contributed by atoms with Crippen molar-refractivity contribution in [2.24, 2.45) is 0 Å². The quantitative estimate of drug-likeness (QED) is 0.594. The van der Waals surface area contributed by atoms with Crippen LogP contribution >= 0.6 is 0 Å². The van der Waals surface area contributed by atoms with E-state index in [0.717, 1.165) is 50.8 Å². The molecule has 0 bridgehead atoms. The van der Waals surface area contributed by atoms with Crippen molar-refractivity contribution in [3.05, 3.63) is 71.0 Å². The average Bonchev–Trinajstić information content (AvgIpc) is 3.08. The summed E-state index contributed by atoms with van der Waals surface area (Å²) in [6.07, 6.45) is 0.0918. The highest BCUT2D eigenvalue weighted by Gasteiger charge is 2.42. The molecule has 2 aromatic carbocycles. The molecular weight excluding hydrogens is 478 g/mol. The molecule has 1 N–H and O–H groups in total. The number of nitriles is 1. The van der Waals surface area contributed by atoms with Crippen molar-refractivity contribution in [3.8, 4) is 6.07 Å². The molecule has 0 radical (unpaired) electrons. The Balaban J connectivity index is 0.000000454. The normalized spacial score (nSPS) is 20.2. The zero-order valence-corrected chi connectivity index (χ0v) is 19.6. The van der Waals surface area contributed by atoms with Gasteiger partial charge in [0.25, 0.3) is 5.91 Å². The lowest BCUT2D eigenvalue weighted by Gasteiger charge is -2.38. The van der Waals surface area contributed by atoms with Crippen LogP contribution in [0.15, 0.2) is 48.5 Å². The summed E-state index contributed by atoms with van der Waals surface area (Å²) in [5.41, 5.74) is 2.02. The maximum Gasteiger partial charge on any atom is 0.490 e. The zero-order chi connectivity index (χ0) is 26.3. The number of alkyl halides is 3. The summed E-state index contributed by atoms with van der Waals surface area (Å²) >= 11 is 0. The van der Waals surface area contributed by atoms with Crippen molar-refractivity contribution < 1.29 is 32.3 Å². The van der Waals surface area contributed by atoms with E-state index in [-0.39, 0.29) is 17.3 Å². The number of benzene rings is 2. The number of carboxylic acid groups (broad SMARTS) is 1. The molecule has 1 spiro atoms. The molecule has 36 heavy (non-hydrogen) atoms. The van der Waals surface area contributed by atoms with Crippen molar-refractivity contribution in [1.82, 2.24) is 9.80 Å². The van der Waals surface area contributed by atoms with E-state index in [1.165, 1.54) is 6.07 Å².